The second-order valence-corrected chi connectivity index (χ2v) is 6.64. The SMILES string of the molecule is COc1ccc(NC(=S)NNC(=O)[C@H]2C[C@@H]2c2ccc(Cl)cc2)cc1. The zero-order valence-electron chi connectivity index (χ0n) is 13.6. The molecule has 0 unspecified atom stereocenters. The molecule has 5 nitrogen and oxygen atoms in total. The Balaban J connectivity index is 1.44. The molecular formula is C18H18ClN3O2S. The Kier molecular flexibility index (Phi) is 5.40. The summed E-state index contributed by atoms with van der Waals surface area (Å²) in [7, 11) is 1.61. The van der Waals surface area contributed by atoms with E-state index in [2.05, 4.69) is 16.2 Å². The minimum atomic E-state index is -0.0705. The van der Waals surface area contributed by atoms with E-state index in [1.807, 2.05) is 48.5 Å². The number of thiocarbonyl (C=S) groups is 1. The maximum Gasteiger partial charge on any atom is 0.242 e. The van der Waals surface area contributed by atoms with Gasteiger partial charge in [-0.1, -0.05) is 23.7 Å². The molecule has 0 aliphatic heterocycles. The lowest BCUT2D eigenvalue weighted by Gasteiger charge is -2.12. The summed E-state index contributed by atoms with van der Waals surface area (Å²) in [5.41, 5.74) is 7.32. The van der Waals surface area contributed by atoms with Crippen LogP contribution in [0.25, 0.3) is 0 Å². The van der Waals surface area contributed by atoms with Crippen LogP contribution in [-0.4, -0.2) is 18.1 Å². The van der Waals surface area contributed by atoms with Crippen LogP contribution >= 0.6 is 23.8 Å². The number of carbonyl (C=O) groups is 1. The lowest BCUT2D eigenvalue weighted by molar-refractivity contribution is -0.122. The van der Waals surface area contributed by atoms with Gasteiger partial charge in [-0.15, -0.1) is 0 Å². The lowest BCUT2D eigenvalue weighted by Crippen LogP contribution is -2.44. The number of hydrogen-bond donors (Lipinski definition) is 3. The number of halogens is 1. The van der Waals surface area contributed by atoms with Gasteiger partial charge >= 0.3 is 0 Å². The highest BCUT2D eigenvalue weighted by atomic mass is 35.5. The van der Waals surface area contributed by atoms with Gasteiger partial charge < -0.3 is 10.1 Å². The number of hydrazine groups is 1. The number of carbonyl (C=O) groups excluding carboxylic acids is 1. The van der Waals surface area contributed by atoms with E-state index in [0.717, 1.165) is 23.4 Å². The van der Waals surface area contributed by atoms with Crippen molar-refractivity contribution >= 4 is 40.5 Å². The van der Waals surface area contributed by atoms with Crippen LogP contribution < -0.4 is 20.9 Å². The zero-order chi connectivity index (χ0) is 17.8. The minimum Gasteiger partial charge on any atom is -0.497 e. The third-order valence-electron chi connectivity index (χ3n) is 4.07. The third-order valence-corrected chi connectivity index (χ3v) is 4.53. The molecule has 0 aromatic heterocycles. The van der Waals surface area contributed by atoms with Crippen molar-refractivity contribution in [2.45, 2.75) is 12.3 Å². The van der Waals surface area contributed by atoms with Crippen LogP contribution in [0.1, 0.15) is 17.9 Å². The first-order valence-electron chi connectivity index (χ1n) is 7.83. The molecule has 0 bridgehead atoms. The van der Waals surface area contributed by atoms with Crippen molar-refractivity contribution in [2.24, 2.45) is 5.92 Å². The number of hydrogen-bond acceptors (Lipinski definition) is 3. The van der Waals surface area contributed by atoms with Crippen molar-refractivity contribution in [3.05, 3.63) is 59.1 Å². The zero-order valence-corrected chi connectivity index (χ0v) is 15.2. The molecule has 0 spiro atoms. The Morgan fingerprint density at radius 3 is 2.44 bits per heavy atom. The number of rotatable bonds is 4. The smallest absolute Gasteiger partial charge is 0.242 e. The Morgan fingerprint density at radius 2 is 1.80 bits per heavy atom. The minimum absolute atomic E-state index is 0.0440. The van der Waals surface area contributed by atoms with Crippen molar-refractivity contribution in [2.75, 3.05) is 12.4 Å². The largest absolute Gasteiger partial charge is 0.497 e. The van der Waals surface area contributed by atoms with Crippen LogP contribution in [0.4, 0.5) is 5.69 Å². The summed E-state index contributed by atoms with van der Waals surface area (Å²) in [5.74, 6) is 0.887. The fourth-order valence-electron chi connectivity index (χ4n) is 2.61. The van der Waals surface area contributed by atoms with Gasteiger partial charge in [0.1, 0.15) is 5.75 Å². The standard InChI is InChI=1S/C18H18ClN3O2S/c1-24-14-8-6-13(7-9-14)20-18(25)22-21-17(23)16-10-15(16)11-2-4-12(19)5-3-11/h2-9,15-16H,10H2,1H3,(H,21,23)(H2,20,22,25)/t15-,16+/m1/s1. The van der Waals surface area contributed by atoms with Crippen molar-refractivity contribution in [1.82, 2.24) is 10.9 Å². The summed E-state index contributed by atoms with van der Waals surface area (Å²) >= 11 is 11.1. The molecule has 3 N–H and O–H groups in total. The van der Waals surface area contributed by atoms with Crippen LogP contribution in [0, 0.1) is 5.92 Å². The third kappa shape index (κ3) is 4.61. The van der Waals surface area contributed by atoms with E-state index in [-0.39, 0.29) is 17.7 Å². The molecule has 130 valence electrons. The molecule has 2 atom stereocenters. The van der Waals surface area contributed by atoms with E-state index in [1.54, 1.807) is 7.11 Å². The molecule has 3 rings (SSSR count). The van der Waals surface area contributed by atoms with Crippen LogP contribution in [0.5, 0.6) is 5.75 Å². The Bertz CT molecular complexity index is 765. The highest BCUT2D eigenvalue weighted by Gasteiger charge is 2.43. The molecule has 0 radical (unpaired) electrons. The van der Waals surface area contributed by atoms with E-state index in [4.69, 9.17) is 28.6 Å². The molecule has 1 fully saturated rings. The van der Waals surface area contributed by atoms with Gasteiger partial charge in [-0.3, -0.25) is 15.6 Å². The predicted molar refractivity (Wildman–Crippen MR) is 103 cm³/mol. The maximum absolute atomic E-state index is 12.2. The number of amides is 1. The van der Waals surface area contributed by atoms with Gasteiger partial charge in [0, 0.05) is 16.6 Å². The highest BCUT2D eigenvalue weighted by molar-refractivity contribution is 7.80. The predicted octanol–water partition coefficient (Wildman–Crippen LogP) is 3.47. The number of nitrogens with one attached hydrogen (secondary N) is 3. The summed E-state index contributed by atoms with van der Waals surface area (Å²) < 4.78 is 5.10. The second kappa shape index (κ2) is 7.72. The number of methoxy groups -OCH3 is 1. The number of anilines is 1. The first-order valence-corrected chi connectivity index (χ1v) is 8.62. The van der Waals surface area contributed by atoms with E-state index < -0.39 is 0 Å². The number of ether oxygens (including phenoxy) is 1. The van der Waals surface area contributed by atoms with Gasteiger partial charge in [-0.25, -0.2) is 0 Å². The summed E-state index contributed by atoms with van der Waals surface area (Å²) in [6.45, 7) is 0. The van der Waals surface area contributed by atoms with Gasteiger partial charge in [0.05, 0.1) is 7.11 Å². The molecule has 0 saturated heterocycles. The fourth-order valence-corrected chi connectivity index (χ4v) is 2.91. The molecular weight excluding hydrogens is 358 g/mol. The van der Waals surface area contributed by atoms with Gasteiger partial charge in [0.25, 0.3) is 0 Å². The highest BCUT2D eigenvalue weighted by Crippen LogP contribution is 2.47. The average Bonchev–Trinajstić information content (AvgIpc) is 3.42. The number of benzene rings is 2. The van der Waals surface area contributed by atoms with Crippen LogP contribution in [0.2, 0.25) is 5.02 Å². The van der Waals surface area contributed by atoms with E-state index in [1.165, 1.54) is 0 Å². The quantitative estimate of drug-likeness (QED) is 0.564. The van der Waals surface area contributed by atoms with Gasteiger partial charge in [0.15, 0.2) is 5.11 Å². The molecule has 1 aliphatic rings. The van der Waals surface area contributed by atoms with E-state index in [9.17, 15) is 4.79 Å². The summed E-state index contributed by atoms with van der Waals surface area (Å²) in [5, 5.41) is 4.01. The van der Waals surface area contributed by atoms with Crippen molar-refractivity contribution in [3.8, 4) is 5.75 Å². The maximum atomic E-state index is 12.2. The second-order valence-electron chi connectivity index (χ2n) is 5.80. The molecule has 1 saturated carbocycles. The Labute approximate surface area is 156 Å². The normalized spacial score (nSPS) is 18.2. The van der Waals surface area contributed by atoms with Gasteiger partial charge in [0.2, 0.25) is 5.91 Å². The molecule has 2 aromatic rings. The summed E-state index contributed by atoms with van der Waals surface area (Å²) in [6, 6.07) is 14.9. The molecule has 1 aliphatic carbocycles. The molecule has 1 amide bonds. The van der Waals surface area contributed by atoms with E-state index in [0.29, 0.717) is 10.1 Å². The van der Waals surface area contributed by atoms with Gasteiger partial charge in [-0.05, 0) is 66.5 Å². The first-order chi connectivity index (χ1) is 12.1. The summed E-state index contributed by atoms with van der Waals surface area (Å²) in [6.07, 6.45) is 0.827. The van der Waals surface area contributed by atoms with Crippen LogP contribution in [0.3, 0.4) is 0 Å². The molecule has 25 heavy (non-hydrogen) atoms. The van der Waals surface area contributed by atoms with Crippen LogP contribution in [-0.2, 0) is 4.79 Å². The van der Waals surface area contributed by atoms with Crippen molar-refractivity contribution < 1.29 is 9.53 Å². The lowest BCUT2D eigenvalue weighted by atomic mass is 10.1. The van der Waals surface area contributed by atoms with E-state index >= 15 is 0 Å². The Hall–Kier alpha value is -2.31. The van der Waals surface area contributed by atoms with Crippen molar-refractivity contribution in [3.63, 3.8) is 0 Å². The molecule has 2 aromatic carbocycles. The first kappa shape index (κ1) is 17.5. The van der Waals surface area contributed by atoms with Crippen LogP contribution in [0.15, 0.2) is 48.5 Å². The van der Waals surface area contributed by atoms with Gasteiger partial charge in [-0.2, -0.15) is 0 Å². The molecule has 0 heterocycles. The topological polar surface area (TPSA) is 62.4 Å². The average molecular weight is 376 g/mol. The fraction of sp³-hybridized carbons (Fsp3) is 0.222. The Morgan fingerprint density at radius 1 is 1.12 bits per heavy atom. The monoisotopic (exact) mass is 375 g/mol. The summed E-state index contributed by atoms with van der Waals surface area (Å²) in [4.78, 5) is 12.2. The van der Waals surface area contributed by atoms with Crippen molar-refractivity contribution in [1.29, 1.82) is 0 Å². The molecule has 7 heteroatoms.